The third-order valence-electron chi connectivity index (χ3n) is 1.56. The molecule has 0 aromatic rings. The fraction of sp³-hybridized carbons (Fsp3) is 0.778. The van der Waals surface area contributed by atoms with Crippen LogP contribution in [-0.2, 0) is 0 Å². The first-order valence-electron chi connectivity index (χ1n) is 4.25. The maximum Gasteiger partial charge on any atom is 0.0377 e. The molecule has 0 amide bonds. The van der Waals surface area contributed by atoms with Crippen molar-refractivity contribution < 1.29 is 0 Å². The molecule has 0 fully saturated rings. The van der Waals surface area contributed by atoms with Gasteiger partial charge in [-0.25, -0.2) is 0 Å². The fourth-order valence-electron chi connectivity index (χ4n) is 1.05. The van der Waals surface area contributed by atoms with Gasteiger partial charge in [-0.2, -0.15) is 0 Å². The van der Waals surface area contributed by atoms with Crippen molar-refractivity contribution >= 4 is 23.2 Å². The van der Waals surface area contributed by atoms with E-state index in [2.05, 4.69) is 19.2 Å². The van der Waals surface area contributed by atoms with Crippen molar-refractivity contribution in [1.29, 1.82) is 0 Å². The van der Waals surface area contributed by atoms with Gasteiger partial charge in [0.15, 0.2) is 0 Å². The van der Waals surface area contributed by atoms with E-state index in [1.165, 1.54) is 5.54 Å². The Morgan fingerprint density at radius 2 is 2.08 bits per heavy atom. The second-order valence-corrected chi connectivity index (χ2v) is 3.81. The summed E-state index contributed by atoms with van der Waals surface area (Å²) in [6.45, 7) is 5.19. The minimum absolute atomic E-state index is 0.402. The molecule has 0 spiro atoms. The Balaban J connectivity index is 3.52. The van der Waals surface area contributed by atoms with E-state index < -0.39 is 0 Å². The number of hydrogen-bond acceptors (Lipinski definition) is 1. The Hall–Kier alpha value is 0.280. The number of halogens is 2. The molecule has 0 rings (SSSR count). The van der Waals surface area contributed by atoms with Gasteiger partial charge in [0.2, 0.25) is 0 Å². The van der Waals surface area contributed by atoms with Gasteiger partial charge in [0.1, 0.15) is 0 Å². The highest BCUT2D eigenvalue weighted by Gasteiger charge is 2.07. The highest BCUT2D eigenvalue weighted by molar-refractivity contribution is 6.25. The highest BCUT2D eigenvalue weighted by atomic mass is 35.5. The van der Waals surface area contributed by atoms with Crippen LogP contribution >= 0.6 is 23.2 Å². The highest BCUT2D eigenvalue weighted by Crippen LogP contribution is 2.05. The molecule has 0 saturated carbocycles. The molecule has 0 aromatic heterocycles. The molecular formula is C9H17Cl2N. The van der Waals surface area contributed by atoms with Crippen LogP contribution in [0.15, 0.2) is 11.6 Å². The smallest absolute Gasteiger partial charge is 0.0377 e. The molecule has 0 radical (unpaired) electrons. The second kappa shape index (κ2) is 7.90. The van der Waals surface area contributed by atoms with Crippen molar-refractivity contribution in [2.24, 2.45) is 5.92 Å². The van der Waals surface area contributed by atoms with Crippen molar-refractivity contribution in [1.82, 2.24) is 5.32 Å². The number of nitrogens with one attached hydrogen (secondary N) is 1. The third-order valence-corrected chi connectivity index (χ3v) is 2.11. The van der Waals surface area contributed by atoms with Crippen LogP contribution in [0.3, 0.4) is 0 Å². The van der Waals surface area contributed by atoms with Crippen LogP contribution in [-0.4, -0.2) is 18.5 Å². The summed E-state index contributed by atoms with van der Waals surface area (Å²) in [6.07, 6.45) is 2.99. The predicted molar refractivity (Wildman–Crippen MR) is 57.0 cm³/mol. The Morgan fingerprint density at radius 1 is 1.42 bits per heavy atom. The Bertz CT molecular complexity index is 124. The van der Waals surface area contributed by atoms with Gasteiger partial charge in [0.25, 0.3) is 0 Å². The Morgan fingerprint density at radius 3 is 2.50 bits per heavy atom. The summed E-state index contributed by atoms with van der Waals surface area (Å²) in [7, 11) is 0. The van der Waals surface area contributed by atoms with Gasteiger partial charge in [0.05, 0.1) is 0 Å². The van der Waals surface area contributed by atoms with Crippen LogP contribution in [0.4, 0.5) is 0 Å². The molecule has 1 atom stereocenters. The summed E-state index contributed by atoms with van der Waals surface area (Å²) >= 11 is 11.2. The van der Waals surface area contributed by atoms with Gasteiger partial charge in [-0.3, -0.25) is 0 Å². The summed E-state index contributed by atoms with van der Waals surface area (Å²) in [6, 6.07) is 0.402. The molecule has 3 heteroatoms. The zero-order valence-electron chi connectivity index (χ0n) is 7.69. The number of hydrogen-bond donors (Lipinski definition) is 1. The van der Waals surface area contributed by atoms with Crippen LogP contribution in [0.25, 0.3) is 0 Å². The van der Waals surface area contributed by atoms with Gasteiger partial charge < -0.3 is 5.32 Å². The third kappa shape index (κ3) is 6.96. The second-order valence-electron chi connectivity index (χ2n) is 3.25. The molecule has 1 unspecified atom stereocenters. The SMILES string of the molecule is CC(C)CC(CCl)NC/C=C/Cl. The molecule has 72 valence electrons. The van der Waals surface area contributed by atoms with E-state index in [4.69, 9.17) is 23.2 Å². The lowest BCUT2D eigenvalue weighted by atomic mass is 10.1. The minimum atomic E-state index is 0.402. The first-order valence-corrected chi connectivity index (χ1v) is 5.22. The van der Waals surface area contributed by atoms with E-state index in [1.54, 1.807) is 0 Å². The van der Waals surface area contributed by atoms with E-state index in [0.717, 1.165) is 13.0 Å². The van der Waals surface area contributed by atoms with E-state index in [9.17, 15) is 0 Å². The molecule has 1 N–H and O–H groups in total. The molecule has 0 aliphatic heterocycles. The quantitative estimate of drug-likeness (QED) is 0.664. The summed E-state index contributed by atoms with van der Waals surface area (Å²) in [5.74, 6) is 1.34. The molecule has 12 heavy (non-hydrogen) atoms. The standard InChI is InChI=1S/C9H17Cl2N/c1-8(2)6-9(7-11)12-5-3-4-10/h3-4,8-9,12H,5-7H2,1-2H3/b4-3+. The number of rotatable bonds is 6. The van der Waals surface area contributed by atoms with Crippen LogP contribution < -0.4 is 5.32 Å². The lowest BCUT2D eigenvalue weighted by Gasteiger charge is -2.16. The first-order chi connectivity index (χ1) is 5.70. The summed E-state index contributed by atoms with van der Waals surface area (Å²) in [5, 5.41) is 3.30. The maximum absolute atomic E-state index is 5.77. The lowest BCUT2D eigenvalue weighted by Crippen LogP contribution is -2.32. The lowest BCUT2D eigenvalue weighted by molar-refractivity contribution is 0.461. The van der Waals surface area contributed by atoms with E-state index in [0.29, 0.717) is 17.8 Å². The van der Waals surface area contributed by atoms with E-state index in [1.807, 2.05) is 6.08 Å². The summed E-state index contributed by atoms with van der Waals surface area (Å²) < 4.78 is 0. The largest absolute Gasteiger partial charge is 0.309 e. The van der Waals surface area contributed by atoms with Crippen molar-refractivity contribution in [2.45, 2.75) is 26.3 Å². The molecule has 0 aliphatic carbocycles. The van der Waals surface area contributed by atoms with Crippen molar-refractivity contribution in [3.63, 3.8) is 0 Å². The summed E-state index contributed by atoms with van der Waals surface area (Å²) in [4.78, 5) is 0. The van der Waals surface area contributed by atoms with Gasteiger partial charge in [-0.15, -0.1) is 11.6 Å². The Kier molecular flexibility index (Phi) is 8.09. The molecule has 0 heterocycles. The Labute approximate surface area is 85.1 Å². The van der Waals surface area contributed by atoms with Crippen molar-refractivity contribution in [2.75, 3.05) is 12.4 Å². The van der Waals surface area contributed by atoms with Gasteiger partial charge >= 0.3 is 0 Å². The zero-order valence-corrected chi connectivity index (χ0v) is 9.20. The van der Waals surface area contributed by atoms with E-state index in [-0.39, 0.29) is 0 Å². The van der Waals surface area contributed by atoms with Gasteiger partial charge in [0, 0.05) is 24.0 Å². The predicted octanol–water partition coefficient (Wildman–Crippen LogP) is 2.98. The maximum atomic E-state index is 5.77. The first kappa shape index (κ1) is 12.3. The van der Waals surface area contributed by atoms with Crippen LogP contribution in [0.5, 0.6) is 0 Å². The molecule has 0 aliphatic rings. The average Bonchev–Trinajstić information content (AvgIpc) is 2.02. The van der Waals surface area contributed by atoms with Crippen LogP contribution in [0, 0.1) is 5.92 Å². The molecular weight excluding hydrogens is 193 g/mol. The molecule has 0 aromatic carbocycles. The van der Waals surface area contributed by atoms with Gasteiger partial charge in [-0.05, 0) is 12.3 Å². The van der Waals surface area contributed by atoms with Crippen LogP contribution in [0.1, 0.15) is 20.3 Å². The average molecular weight is 210 g/mol. The van der Waals surface area contributed by atoms with Gasteiger partial charge in [-0.1, -0.05) is 31.5 Å². The van der Waals surface area contributed by atoms with Crippen molar-refractivity contribution in [3.05, 3.63) is 11.6 Å². The molecule has 0 saturated heterocycles. The fourth-order valence-corrected chi connectivity index (χ4v) is 1.37. The normalized spacial score (nSPS) is 14.4. The van der Waals surface area contributed by atoms with Crippen LogP contribution in [0.2, 0.25) is 0 Å². The molecule has 0 bridgehead atoms. The van der Waals surface area contributed by atoms with E-state index >= 15 is 0 Å². The summed E-state index contributed by atoms with van der Waals surface area (Å²) in [5.41, 5.74) is 1.52. The topological polar surface area (TPSA) is 12.0 Å². The number of alkyl halides is 1. The minimum Gasteiger partial charge on any atom is -0.309 e. The monoisotopic (exact) mass is 209 g/mol. The molecule has 1 nitrogen and oxygen atoms in total. The zero-order chi connectivity index (χ0) is 9.40. The van der Waals surface area contributed by atoms with Crippen molar-refractivity contribution in [3.8, 4) is 0 Å².